The molecular formula is C54H36BNO2Si. The molecule has 276 valence electrons. The van der Waals surface area contributed by atoms with Crippen LogP contribution in [0, 0.1) is 0 Å². The Morgan fingerprint density at radius 1 is 0.356 bits per heavy atom. The van der Waals surface area contributed by atoms with Gasteiger partial charge in [0.25, 0.3) is 6.71 Å². The monoisotopic (exact) mass is 769 g/mol. The largest absolute Gasteiger partial charge is 0.458 e. The van der Waals surface area contributed by atoms with Crippen molar-refractivity contribution < 1.29 is 9.47 Å². The number of para-hydroxylation sites is 2. The number of hydrogen-bond acceptors (Lipinski definition) is 3. The average molecular weight is 770 g/mol. The van der Waals surface area contributed by atoms with E-state index in [1.54, 1.807) is 0 Å². The maximum atomic E-state index is 7.27. The van der Waals surface area contributed by atoms with Crippen molar-refractivity contribution in [3.8, 4) is 45.3 Å². The Kier molecular flexibility index (Phi) is 7.65. The molecule has 3 heterocycles. The van der Waals surface area contributed by atoms with Gasteiger partial charge in [0.1, 0.15) is 23.0 Å². The molecule has 5 heteroatoms. The fourth-order valence-corrected chi connectivity index (χ4v) is 15.1. The number of fused-ring (bicyclic) bond motifs is 6. The molecular weight excluding hydrogens is 733 g/mol. The fourth-order valence-electron chi connectivity index (χ4n) is 9.95. The van der Waals surface area contributed by atoms with Gasteiger partial charge in [-0.05, 0) is 90.3 Å². The zero-order valence-electron chi connectivity index (χ0n) is 32.1. The van der Waals surface area contributed by atoms with Crippen LogP contribution in [0.5, 0.6) is 23.0 Å². The second-order valence-electron chi connectivity index (χ2n) is 15.6. The van der Waals surface area contributed by atoms with Gasteiger partial charge in [-0.15, -0.1) is 0 Å². The number of nitrogens with zero attached hydrogens (tertiary/aromatic N) is 1. The minimum absolute atomic E-state index is 0.128. The second-order valence-corrected chi connectivity index (χ2v) is 19.3. The van der Waals surface area contributed by atoms with Crippen LogP contribution in [0.1, 0.15) is 0 Å². The summed E-state index contributed by atoms with van der Waals surface area (Å²) >= 11 is 0. The molecule has 9 aromatic carbocycles. The highest BCUT2D eigenvalue weighted by molar-refractivity contribution is 7.21. The topological polar surface area (TPSA) is 21.7 Å². The van der Waals surface area contributed by atoms with Crippen LogP contribution in [0.3, 0.4) is 0 Å². The smallest absolute Gasteiger partial charge is 0.260 e. The lowest BCUT2D eigenvalue weighted by Gasteiger charge is -2.45. The number of rotatable bonds is 5. The third-order valence-electron chi connectivity index (χ3n) is 12.5. The molecule has 0 spiro atoms. The first-order valence-electron chi connectivity index (χ1n) is 20.3. The van der Waals surface area contributed by atoms with Crippen molar-refractivity contribution in [1.29, 1.82) is 0 Å². The lowest BCUT2D eigenvalue weighted by molar-refractivity contribution is 0.465. The summed E-state index contributed by atoms with van der Waals surface area (Å²) in [7, 11) is -2.80. The number of anilines is 3. The fraction of sp³-hybridized carbons (Fsp3) is 0. The van der Waals surface area contributed by atoms with Crippen LogP contribution >= 0.6 is 0 Å². The summed E-state index contributed by atoms with van der Waals surface area (Å²) in [6, 6.07) is 79.3. The molecule has 0 aliphatic carbocycles. The third-order valence-corrected chi connectivity index (χ3v) is 17.3. The maximum absolute atomic E-state index is 7.27. The molecule has 0 radical (unpaired) electrons. The normalized spacial score (nSPS) is 13.8. The molecule has 3 nitrogen and oxygen atoms in total. The molecule has 0 aromatic heterocycles. The summed E-state index contributed by atoms with van der Waals surface area (Å²) in [4.78, 5) is 2.45. The van der Waals surface area contributed by atoms with Gasteiger partial charge >= 0.3 is 0 Å². The minimum atomic E-state index is -2.80. The van der Waals surface area contributed by atoms with Gasteiger partial charge in [0.05, 0.1) is 5.69 Å². The van der Waals surface area contributed by atoms with E-state index in [4.69, 9.17) is 9.47 Å². The molecule has 0 fully saturated rings. The summed E-state index contributed by atoms with van der Waals surface area (Å²) < 4.78 is 14.2. The standard InChI is InChI=1S/C54H36BNO2Si/c1-5-17-37(18-6-1)39-29-32-48-43(35-39)55-44-36-40(38-19-7-2-8-20-38)30-33-49(44)58-54-47(31-34-50(57-48)53(54)55)56-45-25-13-15-27-51(45)59(41-21-9-3-10-22-41,42-23-11-4-12-24-42)52-28-16-14-26-46(52)56/h1-36H. The van der Waals surface area contributed by atoms with Crippen molar-refractivity contribution in [2.45, 2.75) is 0 Å². The van der Waals surface area contributed by atoms with Crippen LogP contribution in [0.25, 0.3) is 22.3 Å². The van der Waals surface area contributed by atoms with Crippen LogP contribution < -0.4 is 51.5 Å². The molecule has 3 aliphatic heterocycles. The molecule has 59 heavy (non-hydrogen) atoms. The SMILES string of the molecule is c1ccc(-c2ccc3c(c2)B2c4cc(-c5ccccc5)ccc4Oc4c(N5c6ccccc6[Si](c6ccccc6)(c6ccccc6)c6ccccc65)ccc(c42)O3)cc1. The van der Waals surface area contributed by atoms with E-state index < -0.39 is 8.07 Å². The molecule has 0 saturated carbocycles. The van der Waals surface area contributed by atoms with Gasteiger partial charge < -0.3 is 14.4 Å². The van der Waals surface area contributed by atoms with Crippen LogP contribution in [0.2, 0.25) is 0 Å². The summed E-state index contributed by atoms with van der Waals surface area (Å²) in [5.41, 5.74) is 11.3. The molecule has 9 aromatic rings. The van der Waals surface area contributed by atoms with E-state index in [0.717, 1.165) is 67.6 Å². The Morgan fingerprint density at radius 3 is 1.32 bits per heavy atom. The van der Waals surface area contributed by atoms with Crippen molar-refractivity contribution >= 4 is 69.0 Å². The molecule has 3 aliphatic rings. The van der Waals surface area contributed by atoms with E-state index in [1.807, 2.05) is 0 Å². The van der Waals surface area contributed by atoms with E-state index in [0.29, 0.717) is 0 Å². The molecule has 0 bridgehead atoms. The van der Waals surface area contributed by atoms with Gasteiger partial charge in [0.2, 0.25) is 0 Å². The Bertz CT molecular complexity index is 2930. The van der Waals surface area contributed by atoms with Crippen LogP contribution in [-0.2, 0) is 0 Å². The molecule has 0 amide bonds. The summed E-state index contributed by atoms with van der Waals surface area (Å²) in [5.74, 6) is 3.37. The average Bonchev–Trinajstić information content (AvgIpc) is 3.32. The van der Waals surface area contributed by atoms with Crippen molar-refractivity contribution in [3.05, 3.63) is 218 Å². The van der Waals surface area contributed by atoms with Gasteiger partial charge in [0, 0.05) is 16.8 Å². The van der Waals surface area contributed by atoms with Gasteiger partial charge in [0.15, 0.2) is 8.07 Å². The van der Waals surface area contributed by atoms with E-state index in [9.17, 15) is 0 Å². The quantitative estimate of drug-likeness (QED) is 0.163. The number of hydrogen-bond donors (Lipinski definition) is 0. The lowest BCUT2D eigenvalue weighted by Crippen LogP contribution is -2.77. The molecule has 0 atom stereocenters. The van der Waals surface area contributed by atoms with Gasteiger partial charge in [-0.1, -0.05) is 182 Å². The van der Waals surface area contributed by atoms with E-state index in [1.165, 1.54) is 31.9 Å². The van der Waals surface area contributed by atoms with Crippen LogP contribution in [0.4, 0.5) is 17.1 Å². The zero-order valence-corrected chi connectivity index (χ0v) is 33.1. The van der Waals surface area contributed by atoms with Crippen LogP contribution in [-0.4, -0.2) is 14.8 Å². The zero-order chi connectivity index (χ0) is 38.9. The predicted molar refractivity (Wildman–Crippen MR) is 247 cm³/mol. The number of benzene rings is 9. The van der Waals surface area contributed by atoms with Crippen molar-refractivity contribution in [2.24, 2.45) is 0 Å². The summed E-state index contributed by atoms with van der Waals surface area (Å²) in [6.07, 6.45) is 0. The highest BCUT2D eigenvalue weighted by atomic mass is 28.3. The van der Waals surface area contributed by atoms with Crippen molar-refractivity contribution in [3.63, 3.8) is 0 Å². The van der Waals surface area contributed by atoms with Crippen LogP contribution in [0.15, 0.2) is 218 Å². The Hall–Kier alpha value is -7.34. The summed E-state index contributed by atoms with van der Waals surface area (Å²) in [5, 5.41) is 5.40. The molecule has 0 unspecified atom stereocenters. The molecule has 0 N–H and O–H groups in total. The first-order valence-corrected chi connectivity index (χ1v) is 22.3. The van der Waals surface area contributed by atoms with E-state index in [2.05, 4.69) is 223 Å². The van der Waals surface area contributed by atoms with Gasteiger partial charge in [-0.2, -0.15) is 0 Å². The lowest BCUT2D eigenvalue weighted by atomic mass is 9.34. The minimum Gasteiger partial charge on any atom is -0.458 e. The third kappa shape index (κ3) is 5.08. The molecule has 0 saturated heterocycles. The highest BCUT2D eigenvalue weighted by Gasteiger charge is 2.50. The van der Waals surface area contributed by atoms with Crippen molar-refractivity contribution in [2.75, 3.05) is 4.90 Å². The first kappa shape index (κ1) is 33.8. The number of ether oxygens (including phenoxy) is 2. The Balaban J connectivity index is 1.12. The Morgan fingerprint density at radius 2 is 0.797 bits per heavy atom. The van der Waals surface area contributed by atoms with Gasteiger partial charge in [-0.3, -0.25) is 0 Å². The van der Waals surface area contributed by atoms with E-state index in [-0.39, 0.29) is 6.71 Å². The molecule has 12 rings (SSSR count). The highest BCUT2D eigenvalue weighted by Crippen LogP contribution is 2.47. The first-order chi connectivity index (χ1) is 29.3. The van der Waals surface area contributed by atoms with Gasteiger partial charge in [-0.25, -0.2) is 0 Å². The second kappa shape index (κ2) is 13.4. The van der Waals surface area contributed by atoms with E-state index >= 15 is 0 Å². The predicted octanol–water partition coefficient (Wildman–Crippen LogP) is 8.91. The van der Waals surface area contributed by atoms with Crippen molar-refractivity contribution in [1.82, 2.24) is 0 Å². The Labute approximate surface area is 345 Å². The summed E-state index contributed by atoms with van der Waals surface area (Å²) in [6.45, 7) is -0.128. The maximum Gasteiger partial charge on any atom is 0.260 e.